The van der Waals surface area contributed by atoms with E-state index in [-0.39, 0.29) is 26.2 Å². The molecule has 0 rings (SSSR count). The standard InChI is InChI=1S/C44H89N2O7P/c1-3-5-7-9-11-13-15-17-19-20-22-24-26-28-30-32-34-36-43(48)42(40-53-54(50,51)52-38-37-45)46-44(49)39-41(47)35-33-31-29-27-25-23-21-18-16-14-12-10-8-6-4-2/h18,21,41-43,47-48H,3-17,19-20,22-40,45H2,1-2H3,(H,46,49)(H,50,51)/b21-18-. The Morgan fingerprint density at radius 1 is 0.611 bits per heavy atom. The number of rotatable bonds is 43. The van der Waals surface area contributed by atoms with Crippen molar-refractivity contribution in [1.82, 2.24) is 5.32 Å². The number of aliphatic hydroxyl groups excluding tert-OH is 2. The Balaban J connectivity index is 4.24. The third kappa shape index (κ3) is 38.1. The van der Waals surface area contributed by atoms with Gasteiger partial charge in [0.2, 0.25) is 5.91 Å². The van der Waals surface area contributed by atoms with Gasteiger partial charge in [-0.3, -0.25) is 13.8 Å². The molecule has 54 heavy (non-hydrogen) atoms. The van der Waals surface area contributed by atoms with Gasteiger partial charge in [0.1, 0.15) is 0 Å². The molecule has 0 heterocycles. The molecule has 0 aromatic carbocycles. The van der Waals surface area contributed by atoms with E-state index in [2.05, 4.69) is 31.3 Å². The number of phosphoric acid groups is 1. The first-order valence-corrected chi connectivity index (χ1v) is 24.4. The molecule has 1 amide bonds. The highest BCUT2D eigenvalue weighted by Gasteiger charge is 2.28. The number of carbonyl (C=O) groups excluding carboxylic acids is 1. The van der Waals surface area contributed by atoms with E-state index < -0.39 is 32.0 Å². The van der Waals surface area contributed by atoms with E-state index in [0.717, 1.165) is 44.9 Å². The maximum absolute atomic E-state index is 12.8. The fourth-order valence-corrected chi connectivity index (χ4v) is 7.70. The van der Waals surface area contributed by atoms with Crippen LogP contribution in [0.25, 0.3) is 0 Å². The van der Waals surface area contributed by atoms with Crippen LogP contribution in [0.4, 0.5) is 0 Å². The van der Waals surface area contributed by atoms with Crippen molar-refractivity contribution in [3.05, 3.63) is 12.2 Å². The van der Waals surface area contributed by atoms with Crippen molar-refractivity contribution in [1.29, 1.82) is 0 Å². The van der Waals surface area contributed by atoms with E-state index in [1.54, 1.807) is 0 Å². The lowest BCUT2D eigenvalue weighted by Gasteiger charge is -2.25. The van der Waals surface area contributed by atoms with Gasteiger partial charge in [-0.05, 0) is 38.5 Å². The van der Waals surface area contributed by atoms with Gasteiger partial charge in [-0.25, -0.2) is 4.57 Å². The van der Waals surface area contributed by atoms with Crippen LogP contribution in [0.2, 0.25) is 0 Å². The quantitative estimate of drug-likeness (QED) is 0.0233. The normalized spacial score (nSPS) is 14.7. The largest absolute Gasteiger partial charge is 0.472 e. The van der Waals surface area contributed by atoms with Crippen LogP contribution in [0.3, 0.4) is 0 Å². The average molecular weight is 789 g/mol. The van der Waals surface area contributed by atoms with Crippen molar-refractivity contribution >= 4 is 13.7 Å². The van der Waals surface area contributed by atoms with Crippen LogP contribution in [0.5, 0.6) is 0 Å². The third-order valence-corrected chi connectivity index (χ3v) is 11.4. The maximum atomic E-state index is 12.8. The van der Waals surface area contributed by atoms with E-state index in [4.69, 9.17) is 14.8 Å². The molecule has 0 aromatic heterocycles. The van der Waals surface area contributed by atoms with Gasteiger partial charge >= 0.3 is 7.82 Å². The summed E-state index contributed by atoms with van der Waals surface area (Å²) in [6, 6.07) is -0.896. The molecular formula is C44H89N2O7P. The number of amides is 1. The molecular weight excluding hydrogens is 699 g/mol. The van der Waals surface area contributed by atoms with Crippen LogP contribution in [0, 0.1) is 0 Å². The lowest BCUT2D eigenvalue weighted by Crippen LogP contribution is -2.47. The summed E-state index contributed by atoms with van der Waals surface area (Å²) in [5, 5.41) is 24.2. The first kappa shape index (κ1) is 53.2. The number of hydrogen-bond donors (Lipinski definition) is 5. The highest BCUT2D eigenvalue weighted by atomic mass is 31.2. The summed E-state index contributed by atoms with van der Waals surface area (Å²) >= 11 is 0. The molecule has 0 saturated carbocycles. The van der Waals surface area contributed by atoms with Crippen LogP contribution in [-0.2, 0) is 18.4 Å². The smallest absolute Gasteiger partial charge is 0.393 e. The monoisotopic (exact) mass is 789 g/mol. The van der Waals surface area contributed by atoms with E-state index in [9.17, 15) is 24.5 Å². The van der Waals surface area contributed by atoms with Gasteiger partial charge in [-0.15, -0.1) is 0 Å². The number of unbranched alkanes of at least 4 members (excludes halogenated alkanes) is 27. The Hall–Kier alpha value is -0.800. The van der Waals surface area contributed by atoms with Crippen molar-refractivity contribution in [2.24, 2.45) is 5.73 Å². The SMILES string of the molecule is CCCCCCCC/C=C\CCCCCCCC(O)CC(=O)NC(COP(=O)(O)OCCN)C(O)CCCCCCCCCCCCCCCCCCC. The number of phosphoric ester groups is 1. The Bertz CT molecular complexity index is 878. The van der Waals surface area contributed by atoms with Crippen molar-refractivity contribution < 1.29 is 33.5 Å². The number of allylic oxidation sites excluding steroid dienone is 2. The highest BCUT2D eigenvalue weighted by molar-refractivity contribution is 7.47. The molecule has 0 bridgehead atoms. The second-order valence-corrected chi connectivity index (χ2v) is 17.3. The second kappa shape index (κ2) is 40.4. The van der Waals surface area contributed by atoms with Crippen molar-refractivity contribution in [3.63, 3.8) is 0 Å². The Labute approximate surface area is 333 Å². The lowest BCUT2D eigenvalue weighted by molar-refractivity contribution is -0.125. The van der Waals surface area contributed by atoms with Gasteiger partial charge in [-0.1, -0.05) is 193 Å². The molecule has 0 saturated heterocycles. The highest BCUT2D eigenvalue weighted by Crippen LogP contribution is 2.43. The van der Waals surface area contributed by atoms with Gasteiger partial charge in [0.25, 0.3) is 0 Å². The van der Waals surface area contributed by atoms with Crippen molar-refractivity contribution in [2.75, 3.05) is 19.8 Å². The third-order valence-electron chi connectivity index (χ3n) is 10.4. The summed E-state index contributed by atoms with van der Waals surface area (Å²) < 4.78 is 22.2. The fraction of sp³-hybridized carbons (Fsp3) is 0.932. The second-order valence-electron chi connectivity index (χ2n) is 15.8. The minimum Gasteiger partial charge on any atom is -0.393 e. The van der Waals surface area contributed by atoms with Gasteiger partial charge in [-0.2, -0.15) is 0 Å². The van der Waals surface area contributed by atoms with E-state index in [1.807, 2.05) is 0 Å². The summed E-state index contributed by atoms with van der Waals surface area (Å²) in [4.78, 5) is 22.8. The average Bonchev–Trinajstić information content (AvgIpc) is 3.15. The molecule has 322 valence electrons. The number of nitrogens with two attached hydrogens (primary N) is 1. The summed E-state index contributed by atoms with van der Waals surface area (Å²) in [6.45, 7) is 4.05. The van der Waals surface area contributed by atoms with Crippen molar-refractivity contribution in [2.45, 2.75) is 244 Å². The van der Waals surface area contributed by atoms with E-state index in [1.165, 1.54) is 148 Å². The first-order valence-electron chi connectivity index (χ1n) is 22.9. The maximum Gasteiger partial charge on any atom is 0.472 e. The Kier molecular flexibility index (Phi) is 39.8. The van der Waals surface area contributed by atoms with Crippen molar-refractivity contribution in [3.8, 4) is 0 Å². The first-order chi connectivity index (χ1) is 26.3. The molecule has 9 nitrogen and oxygen atoms in total. The molecule has 0 aliphatic rings. The Morgan fingerprint density at radius 3 is 1.43 bits per heavy atom. The Morgan fingerprint density at radius 2 is 1.00 bits per heavy atom. The molecule has 6 N–H and O–H groups in total. The minimum absolute atomic E-state index is 0.0601. The van der Waals surface area contributed by atoms with Crippen LogP contribution in [0.15, 0.2) is 12.2 Å². The summed E-state index contributed by atoms with van der Waals surface area (Å²) in [7, 11) is -4.37. The summed E-state index contributed by atoms with van der Waals surface area (Å²) in [5.74, 6) is -0.416. The number of hydrogen-bond acceptors (Lipinski definition) is 7. The molecule has 0 aliphatic carbocycles. The predicted molar refractivity (Wildman–Crippen MR) is 228 cm³/mol. The van der Waals surface area contributed by atoms with Gasteiger partial charge in [0, 0.05) is 6.54 Å². The van der Waals surface area contributed by atoms with Crippen LogP contribution in [0.1, 0.15) is 226 Å². The number of carbonyl (C=O) groups is 1. The van der Waals surface area contributed by atoms with Crippen LogP contribution < -0.4 is 11.1 Å². The molecule has 0 aliphatic heterocycles. The zero-order chi connectivity index (χ0) is 39.8. The zero-order valence-electron chi connectivity index (χ0n) is 35.3. The number of nitrogens with one attached hydrogen (secondary N) is 1. The fourth-order valence-electron chi connectivity index (χ4n) is 6.94. The molecule has 4 atom stereocenters. The van der Waals surface area contributed by atoms with Gasteiger partial charge in [0.15, 0.2) is 0 Å². The number of aliphatic hydroxyl groups is 2. The molecule has 0 radical (unpaired) electrons. The molecule has 0 fully saturated rings. The summed E-state index contributed by atoms with van der Waals surface area (Å²) in [5.41, 5.74) is 5.37. The van der Waals surface area contributed by atoms with Gasteiger partial charge in [0.05, 0.1) is 37.9 Å². The van der Waals surface area contributed by atoms with Gasteiger partial charge < -0.3 is 26.2 Å². The van der Waals surface area contributed by atoms with E-state index in [0.29, 0.717) is 12.8 Å². The molecule has 0 aromatic rings. The zero-order valence-corrected chi connectivity index (χ0v) is 36.2. The summed E-state index contributed by atoms with van der Waals surface area (Å²) in [6.07, 6.45) is 41.1. The van der Waals surface area contributed by atoms with Crippen LogP contribution in [-0.4, -0.2) is 59.0 Å². The minimum atomic E-state index is -4.37. The van der Waals surface area contributed by atoms with E-state index >= 15 is 0 Å². The van der Waals surface area contributed by atoms with Crippen LogP contribution >= 0.6 is 7.82 Å². The topological polar surface area (TPSA) is 151 Å². The molecule has 4 unspecified atom stereocenters. The predicted octanol–water partition coefficient (Wildman–Crippen LogP) is 11.8. The molecule has 0 spiro atoms. The molecule has 10 heteroatoms. The lowest BCUT2D eigenvalue weighted by atomic mass is 10.0.